The average Bonchev–Trinajstić information content (AvgIpc) is 2.53. The summed E-state index contributed by atoms with van der Waals surface area (Å²) in [6.45, 7) is 3.12. The fraction of sp³-hybridized carbons (Fsp3) is 0.235. The molecule has 0 saturated carbocycles. The molecule has 0 saturated heterocycles. The molecule has 0 aromatic heterocycles. The zero-order valence-corrected chi connectivity index (χ0v) is 14.1. The molecule has 0 unspecified atom stereocenters. The van der Waals surface area contributed by atoms with E-state index in [0.29, 0.717) is 23.9 Å². The van der Waals surface area contributed by atoms with Gasteiger partial charge in [-0.2, -0.15) is 0 Å². The molecule has 0 fully saturated rings. The highest BCUT2D eigenvalue weighted by Gasteiger charge is 2.10. The second-order valence-corrected chi connectivity index (χ2v) is 5.80. The molecule has 2 aromatic rings. The minimum Gasteiger partial charge on any atom is -0.493 e. The highest BCUT2D eigenvalue weighted by atomic mass is 35.5. The van der Waals surface area contributed by atoms with Crippen molar-refractivity contribution >= 4 is 34.9 Å². The number of carboxylic acid groups (broad SMARTS) is 1. The van der Waals surface area contributed by atoms with Gasteiger partial charge >= 0.3 is 5.97 Å². The van der Waals surface area contributed by atoms with Gasteiger partial charge in [-0.1, -0.05) is 30.1 Å². The maximum absolute atomic E-state index is 11.1. The lowest BCUT2D eigenvalue weighted by molar-refractivity contribution is 0.0697. The van der Waals surface area contributed by atoms with Gasteiger partial charge in [0.05, 0.1) is 17.2 Å². The summed E-state index contributed by atoms with van der Waals surface area (Å²) in [6, 6.07) is 10.2. The smallest absolute Gasteiger partial charge is 0.337 e. The normalized spacial score (nSPS) is 10.4. The molecular formula is C17H17Cl2NO3. The van der Waals surface area contributed by atoms with Crippen molar-refractivity contribution in [1.29, 1.82) is 0 Å². The maximum atomic E-state index is 11.1. The number of benzene rings is 2. The van der Waals surface area contributed by atoms with Crippen LogP contribution in [0.2, 0.25) is 10.0 Å². The number of rotatable bonds is 7. The molecule has 0 aliphatic rings. The number of halogens is 2. The van der Waals surface area contributed by atoms with Crippen molar-refractivity contribution in [1.82, 2.24) is 0 Å². The Hall–Kier alpha value is -1.91. The molecule has 4 nitrogen and oxygen atoms in total. The molecule has 2 aromatic carbocycles. The quantitative estimate of drug-likeness (QED) is 0.727. The minimum absolute atomic E-state index is 0.0604. The number of aromatic carboxylic acids is 1. The number of nitrogens with one attached hydrogen (secondary N) is 1. The first kappa shape index (κ1) is 17.4. The molecule has 23 heavy (non-hydrogen) atoms. The number of carbonyl (C=O) groups is 1. The topological polar surface area (TPSA) is 58.6 Å². The van der Waals surface area contributed by atoms with E-state index in [2.05, 4.69) is 5.32 Å². The Morgan fingerprint density at radius 1 is 1.22 bits per heavy atom. The highest BCUT2D eigenvalue weighted by Crippen LogP contribution is 2.25. The largest absolute Gasteiger partial charge is 0.493 e. The number of hydrogen-bond acceptors (Lipinski definition) is 3. The van der Waals surface area contributed by atoms with Crippen LogP contribution in [0.3, 0.4) is 0 Å². The predicted octanol–water partition coefficient (Wildman–Crippen LogP) is 5.09. The number of anilines is 1. The number of ether oxygens (including phenoxy) is 1. The van der Waals surface area contributed by atoms with Crippen LogP contribution in [0.25, 0.3) is 0 Å². The van der Waals surface area contributed by atoms with Crippen molar-refractivity contribution in [3.8, 4) is 5.75 Å². The zero-order chi connectivity index (χ0) is 16.8. The van der Waals surface area contributed by atoms with Crippen LogP contribution >= 0.6 is 23.2 Å². The molecule has 0 aliphatic carbocycles. The van der Waals surface area contributed by atoms with Crippen LogP contribution in [0.4, 0.5) is 5.69 Å². The Balaban J connectivity index is 2.15. The molecule has 2 N–H and O–H groups in total. The van der Waals surface area contributed by atoms with Gasteiger partial charge in [0.2, 0.25) is 0 Å². The first-order valence-corrected chi connectivity index (χ1v) is 7.94. The molecule has 0 amide bonds. The molecule has 0 bridgehead atoms. The van der Waals surface area contributed by atoms with Crippen molar-refractivity contribution in [3.63, 3.8) is 0 Å². The van der Waals surface area contributed by atoms with Crippen LogP contribution in [0.15, 0.2) is 36.4 Å². The van der Waals surface area contributed by atoms with Gasteiger partial charge in [-0.3, -0.25) is 0 Å². The molecular weight excluding hydrogens is 337 g/mol. The molecule has 0 spiro atoms. The summed E-state index contributed by atoms with van der Waals surface area (Å²) in [7, 11) is 0. The van der Waals surface area contributed by atoms with E-state index in [-0.39, 0.29) is 10.6 Å². The summed E-state index contributed by atoms with van der Waals surface area (Å²) < 4.78 is 5.70. The van der Waals surface area contributed by atoms with E-state index in [1.54, 1.807) is 18.2 Å². The molecule has 0 atom stereocenters. The summed E-state index contributed by atoms with van der Waals surface area (Å²) in [5.74, 6) is -0.301. The van der Waals surface area contributed by atoms with E-state index in [0.717, 1.165) is 17.7 Å². The molecule has 0 heterocycles. The lowest BCUT2D eigenvalue weighted by Gasteiger charge is -2.13. The van der Waals surface area contributed by atoms with Crippen molar-refractivity contribution in [2.45, 2.75) is 19.9 Å². The van der Waals surface area contributed by atoms with Crippen molar-refractivity contribution in [2.75, 3.05) is 11.9 Å². The Morgan fingerprint density at radius 2 is 2.00 bits per heavy atom. The fourth-order valence-electron chi connectivity index (χ4n) is 2.04. The van der Waals surface area contributed by atoms with Gasteiger partial charge < -0.3 is 15.2 Å². The van der Waals surface area contributed by atoms with Gasteiger partial charge in [-0.15, -0.1) is 0 Å². The predicted molar refractivity (Wildman–Crippen MR) is 93.0 cm³/mol. The van der Waals surface area contributed by atoms with E-state index < -0.39 is 5.97 Å². The van der Waals surface area contributed by atoms with E-state index in [4.69, 9.17) is 33.0 Å². The molecule has 0 aliphatic heterocycles. The van der Waals surface area contributed by atoms with Crippen LogP contribution in [0.1, 0.15) is 29.3 Å². The third kappa shape index (κ3) is 4.78. The summed E-state index contributed by atoms with van der Waals surface area (Å²) in [5.41, 5.74) is 1.62. The second kappa shape index (κ2) is 8.09. The minimum atomic E-state index is -1.06. The van der Waals surface area contributed by atoms with Crippen LogP contribution in [-0.4, -0.2) is 17.7 Å². The Kier molecular flexibility index (Phi) is 6.13. The van der Waals surface area contributed by atoms with Gasteiger partial charge in [0, 0.05) is 22.8 Å². The highest BCUT2D eigenvalue weighted by molar-refractivity contribution is 6.33. The number of hydrogen-bond donors (Lipinski definition) is 2. The van der Waals surface area contributed by atoms with Crippen LogP contribution in [-0.2, 0) is 6.54 Å². The average molecular weight is 354 g/mol. The van der Waals surface area contributed by atoms with Gasteiger partial charge in [-0.25, -0.2) is 4.79 Å². The monoisotopic (exact) mass is 353 g/mol. The molecule has 122 valence electrons. The van der Waals surface area contributed by atoms with Crippen LogP contribution in [0, 0.1) is 0 Å². The lowest BCUT2D eigenvalue weighted by Crippen LogP contribution is -2.05. The first-order chi connectivity index (χ1) is 11.0. The third-order valence-corrected chi connectivity index (χ3v) is 3.73. The molecule has 6 heteroatoms. The van der Waals surface area contributed by atoms with Gasteiger partial charge in [0.1, 0.15) is 5.75 Å². The summed E-state index contributed by atoms with van der Waals surface area (Å²) >= 11 is 11.9. The maximum Gasteiger partial charge on any atom is 0.337 e. The van der Waals surface area contributed by atoms with Gasteiger partial charge in [-0.05, 0) is 42.8 Å². The summed E-state index contributed by atoms with van der Waals surface area (Å²) in [5, 5.41) is 13.1. The molecule has 2 rings (SSSR count). The number of carboxylic acids is 1. The van der Waals surface area contributed by atoms with Crippen molar-refractivity contribution in [3.05, 3.63) is 57.6 Å². The Morgan fingerprint density at radius 3 is 2.70 bits per heavy atom. The van der Waals surface area contributed by atoms with E-state index in [1.807, 2.05) is 19.1 Å². The van der Waals surface area contributed by atoms with Crippen molar-refractivity contribution < 1.29 is 14.6 Å². The lowest BCUT2D eigenvalue weighted by atomic mass is 10.1. The van der Waals surface area contributed by atoms with Crippen LogP contribution in [0.5, 0.6) is 5.75 Å². The fourth-order valence-corrected chi connectivity index (χ4v) is 2.43. The Bertz CT molecular complexity index is 704. The first-order valence-electron chi connectivity index (χ1n) is 7.19. The summed E-state index contributed by atoms with van der Waals surface area (Å²) in [6.07, 6.45) is 0.911. The Labute approximate surface area is 145 Å². The second-order valence-electron chi connectivity index (χ2n) is 4.95. The van der Waals surface area contributed by atoms with E-state index in [1.165, 1.54) is 6.07 Å². The van der Waals surface area contributed by atoms with E-state index in [9.17, 15) is 4.79 Å². The standard InChI is InChI=1S/C17H17Cl2NO3/c1-2-7-23-16-6-3-12(18)8-11(16)10-20-13-4-5-15(19)14(9-13)17(21)22/h3-6,8-9,20H,2,7,10H2,1H3,(H,21,22). The van der Waals surface area contributed by atoms with Crippen molar-refractivity contribution in [2.24, 2.45) is 0 Å². The SMILES string of the molecule is CCCOc1ccc(Cl)cc1CNc1ccc(Cl)c(C(=O)O)c1. The molecule has 0 radical (unpaired) electrons. The van der Waals surface area contributed by atoms with Crippen LogP contribution < -0.4 is 10.1 Å². The summed E-state index contributed by atoms with van der Waals surface area (Å²) in [4.78, 5) is 11.1. The van der Waals surface area contributed by atoms with Gasteiger partial charge in [0.25, 0.3) is 0 Å². The zero-order valence-electron chi connectivity index (χ0n) is 12.6. The van der Waals surface area contributed by atoms with E-state index >= 15 is 0 Å². The van der Waals surface area contributed by atoms with Gasteiger partial charge in [0.15, 0.2) is 0 Å². The third-order valence-electron chi connectivity index (χ3n) is 3.16.